The largest absolute Gasteiger partial charge is 0.480 e. The number of imidazole rings is 1. The van der Waals surface area contributed by atoms with Gasteiger partial charge in [-0.25, -0.2) is 9.55 Å². The first-order valence-electron chi connectivity index (χ1n) is 13.2. The summed E-state index contributed by atoms with van der Waals surface area (Å²) < 4.78 is 38.1. The van der Waals surface area contributed by atoms with Crippen LogP contribution in [0.1, 0.15) is 27.0 Å². The van der Waals surface area contributed by atoms with Crippen LogP contribution in [0.2, 0.25) is 0 Å². The van der Waals surface area contributed by atoms with E-state index in [4.69, 9.17) is 24.3 Å². The standard InChI is InChI=1S/C26H32N7O9P/c1-13(2)18(23(35)36)32-43(38,42-15-7-8-16-14(10-15)6-5-9-28-16)40-11-17-20(34)26(3,37)24(41-17)33-12-29-19-21(33)30-25(27)31-22(19)39-4/h5-10,12-13,17-18,20,24,34,37H,11H2,1-4H3,(H,32,38)(H,35,36)(H2,27,30,31)/t17-,18?,20-,24?,26-,43?/m1/s1. The molecule has 1 aliphatic rings. The number of fused-ring (bicyclic) bond motifs is 2. The average Bonchev–Trinajstić information content (AvgIpc) is 3.47. The molecule has 0 saturated carbocycles. The molecule has 4 heterocycles. The normalized spacial score (nSPS) is 24.3. The molecule has 230 valence electrons. The molecule has 16 nitrogen and oxygen atoms in total. The molecule has 17 heteroatoms. The number of aliphatic carboxylic acids is 1. The maximum atomic E-state index is 14.1. The summed E-state index contributed by atoms with van der Waals surface area (Å²) >= 11 is 0. The lowest BCUT2D eigenvalue weighted by molar-refractivity contribution is -0.140. The van der Waals surface area contributed by atoms with Crippen molar-refractivity contribution in [3.8, 4) is 11.6 Å². The molecular formula is C26H32N7O9P. The summed E-state index contributed by atoms with van der Waals surface area (Å²) in [6, 6.07) is 6.95. The van der Waals surface area contributed by atoms with Crippen LogP contribution in [0.4, 0.5) is 5.95 Å². The predicted molar refractivity (Wildman–Crippen MR) is 152 cm³/mol. The summed E-state index contributed by atoms with van der Waals surface area (Å²) in [4.78, 5) is 28.6. The number of nitrogen functional groups attached to an aromatic ring is 1. The Bertz CT molecular complexity index is 1700. The SMILES string of the molecule is COc1nc(N)nc2c1ncn2C1O[C@H](COP(=O)(NC(C(=O)O)C(C)C)Oc2ccc3ncccc3c2)[C@@H](O)[C@@]1(C)O. The van der Waals surface area contributed by atoms with Crippen LogP contribution >= 0.6 is 7.75 Å². The van der Waals surface area contributed by atoms with Gasteiger partial charge in [0.2, 0.25) is 11.8 Å². The van der Waals surface area contributed by atoms with E-state index in [1.807, 2.05) is 0 Å². The number of aliphatic hydroxyl groups is 2. The summed E-state index contributed by atoms with van der Waals surface area (Å²) in [5.74, 6) is -1.66. The van der Waals surface area contributed by atoms with Crippen LogP contribution in [0.15, 0.2) is 42.9 Å². The quantitative estimate of drug-likeness (QED) is 0.151. The van der Waals surface area contributed by atoms with Crippen molar-refractivity contribution < 1.29 is 43.2 Å². The van der Waals surface area contributed by atoms with Gasteiger partial charge in [-0.15, -0.1) is 0 Å². The fourth-order valence-corrected chi connectivity index (χ4v) is 6.43. The Labute approximate surface area is 245 Å². The molecule has 0 radical (unpaired) electrons. The van der Waals surface area contributed by atoms with Gasteiger partial charge in [-0.2, -0.15) is 15.1 Å². The molecule has 0 amide bonds. The summed E-state index contributed by atoms with van der Waals surface area (Å²) in [6.45, 7) is 4.03. The van der Waals surface area contributed by atoms with Crippen LogP contribution in [0.5, 0.6) is 11.6 Å². The Morgan fingerprint density at radius 1 is 1.28 bits per heavy atom. The molecule has 0 aliphatic carbocycles. The number of methoxy groups -OCH3 is 1. The van der Waals surface area contributed by atoms with E-state index in [1.54, 1.807) is 44.3 Å². The maximum Gasteiger partial charge on any atom is 0.459 e. The zero-order valence-corrected chi connectivity index (χ0v) is 24.6. The topological polar surface area (TPSA) is 226 Å². The van der Waals surface area contributed by atoms with E-state index in [1.165, 1.54) is 31.0 Å². The van der Waals surface area contributed by atoms with Crippen molar-refractivity contribution in [3.05, 3.63) is 42.9 Å². The van der Waals surface area contributed by atoms with Crippen LogP contribution in [-0.2, 0) is 18.6 Å². The second kappa shape index (κ2) is 11.6. The first-order chi connectivity index (χ1) is 20.3. The number of ether oxygens (including phenoxy) is 2. The average molecular weight is 618 g/mol. The van der Waals surface area contributed by atoms with Crippen molar-refractivity contribution >= 4 is 41.7 Å². The van der Waals surface area contributed by atoms with Crippen LogP contribution in [0, 0.1) is 5.92 Å². The number of carboxylic acids is 1. The summed E-state index contributed by atoms with van der Waals surface area (Å²) in [5, 5.41) is 35.3. The molecule has 4 aromatic rings. The van der Waals surface area contributed by atoms with Gasteiger partial charge in [0.05, 0.1) is 25.6 Å². The van der Waals surface area contributed by atoms with Gasteiger partial charge in [-0.1, -0.05) is 19.9 Å². The molecule has 1 aliphatic heterocycles. The van der Waals surface area contributed by atoms with E-state index in [0.29, 0.717) is 10.9 Å². The van der Waals surface area contributed by atoms with Gasteiger partial charge in [0.15, 0.2) is 17.4 Å². The zero-order chi connectivity index (χ0) is 31.1. The van der Waals surface area contributed by atoms with Crippen molar-refractivity contribution in [2.24, 2.45) is 5.92 Å². The summed E-state index contributed by atoms with van der Waals surface area (Å²) in [5.41, 5.74) is 4.97. The second-order valence-corrected chi connectivity index (χ2v) is 12.2. The van der Waals surface area contributed by atoms with Crippen molar-refractivity contribution in [2.45, 2.75) is 50.8 Å². The fraction of sp³-hybridized carbons (Fsp3) is 0.423. The van der Waals surface area contributed by atoms with Crippen molar-refractivity contribution in [2.75, 3.05) is 19.5 Å². The van der Waals surface area contributed by atoms with E-state index < -0.39 is 56.3 Å². The van der Waals surface area contributed by atoms with Crippen molar-refractivity contribution in [3.63, 3.8) is 0 Å². The number of hydrogen-bond donors (Lipinski definition) is 5. The van der Waals surface area contributed by atoms with E-state index >= 15 is 0 Å². The number of carbonyl (C=O) groups is 1. The van der Waals surface area contributed by atoms with Gasteiger partial charge in [-0.3, -0.25) is 18.9 Å². The van der Waals surface area contributed by atoms with Gasteiger partial charge < -0.3 is 35.1 Å². The van der Waals surface area contributed by atoms with Gasteiger partial charge in [0.25, 0.3) is 0 Å². The minimum Gasteiger partial charge on any atom is -0.480 e. The number of benzene rings is 1. The highest BCUT2D eigenvalue weighted by atomic mass is 31.2. The highest BCUT2D eigenvalue weighted by Crippen LogP contribution is 2.48. The second-order valence-electron chi connectivity index (χ2n) is 10.5. The van der Waals surface area contributed by atoms with Crippen LogP contribution in [0.25, 0.3) is 22.1 Å². The summed E-state index contributed by atoms with van der Waals surface area (Å²) in [6.07, 6.45) is -1.11. The molecule has 1 saturated heterocycles. The molecule has 1 aromatic carbocycles. The highest BCUT2D eigenvalue weighted by Gasteiger charge is 2.54. The Balaban J connectivity index is 1.42. The maximum absolute atomic E-state index is 14.1. The lowest BCUT2D eigenvalue weighted by Gasteiger charge is -2.27. The first-order valence-corrected chi connectivity index (χ1v) is 14.8. The molecule has 0 bridgehead atoms. The number of nitrogens with one attached hydrogen (secondary N) is 1. The number of rotatable bonds is 11. The number of aromatic nitrogens is 5. The van der Waals surface area contributed by atoms with Crippen molar-refractivity contribution in [1.29, 1.82) is 0 Å². The molecule has 5 rings (SSSR count). The van der Waals surface area contributed by atoms with Gasteiger partial charge >= 0.3 is 13.7 Å². The Morgan fingerprint density at radius 2 is 2.05 bits per heavy atom. The monoisotopic (exact) mass is 617 g/mol. The Kier molecular flexibility index (Phi) is 8.26. The Morgan fingerprint density at radius 3 is 2.74 bits per heavy atom. The van der Waals surface area contributed by atoms with E-state index in [2.05, 4.69) is 25.0 Å². The third-order valence-corrected chi connectivity index (χ3v) is 8.58. The number of carboxylic acid groups (broad SMARTS) is 1. The molecule has 1 fully saturated rings. The molecule has 3 unspecified atom stereocenters. The highest BCUT2D eigenvalue weighted by molar-refractivity contribution is 7.52. The zero-order valence-electron chi connectivity index (χ0n) is 23.7. The minimum atomic E-state index is -4.44. The molecule has 43 heavy (non-hydrogen) atoms. The third-order valence-electron chi connectivity index (χ3n) is 7.05. The van der Waals surface area contributed by atoms with Gasteiger partial charge in [0.1, 0.15) is 29.6 Å². The van der Waals surface area contributed by atoms with Crippen molar-refractivity contribution in [1.82, 2.24) is 29.6 Å². The van der Waals surface area contributed by atoms with E-state index in [0.717, 1.165) is 0 Å². The molecule has 6 N–H and O–H groups in total. The number of hydrogen-bond acceptors (Lipinski definition) is 13. The minimum absolute atomic E-state index is 0.103. The molecular weight excluding hydrogens is 585 g/mol. The fourth-order valence-electron chi connectivity index (χ4n) is 4.77. The Hall–Kier alpha value is -3.92. The van der Waals surface area contributed by atoms with Gasteiger partial charge in [-0.05, 0) is 37.1 Å². The third kappa shape index (κ3) is 5.98. The lowest BCUT2D eigenvalue weighted by atomic mass is 9.96. The first kappa shape index (κ1) is 30.5. The van der Waals surface area contributed by atoms with E-state index in [9.17, 15) is 24.7 Å². The summed E-state index contributed by atoms with van der Waals surface area (Å²) in [7, 11) is -3.05. The lowest BCUT2D eigenvalue weighted by Crippen LogP contribution is -2.45. The molecule has 0 spiro atoms. The number of aliphatic hydroxyl groups excluding tert-OH is 1. The smallest absolute Gasteiger partial charge is 0.459 e. The van der Waals surface area contributed by atoms with Crippen LogP contribution in [0.3, 0.4) is 0 Å². The molecule has 3 aromatic heterocycles. The predicted octanol–water partition coefficient (Wildman–Crippen LogP) is 1.88. The number of nitrogens with zero attached hydrogens (tertiary/aromatic N) is 5. The van der Waals surface area contributed by atoms with Crippen LogP contribution in [-0.4, -0.2) is 83.4 Å². The number of pyridine rings is 1. The van der Waals surface area contributed by atoms with Gasteiger partial charge in [0, 0.05) is 11.6 Å². The van der Waals surface area contributed by atoms with E-state index in [-0.39, 0.29) is 28.7 Å². The molecule has 6 atom stereocenters. The number of nitrogens with two attached hydrogens (primary N) is 1. The van der Waals surface area contributed by atoms with Crippen LogP contribution < -0.4 is 20.1 Å². The number of anilines is 1.